The zero-order chi connectivity index (χ0) is 13.9. The van der Waals surface area contributed by atoms with Crippen LogP contribution in [0.15, 0.2) is 45.3 Å². The lowest BCUT2D eigenvalue weighted by Crippen LogP contribution is -1.90. The molecular weight excluding hydrogens is 304 g/mol. The van der Waals surface area contributed by atoms with Gasteiger partial charge >= 0.3 is 0 Å². The number of benzene rings is 1. The van der Waals surface area contributed by atoms with Crippen LogP contribution in [0.2, 0.25) is 0 Å². The molecule has 0 aliphatic heterocycles. The number of hydrogen-bond donors (Lipinski definition) is 1. The summed E-state index contributed by atoms with van der Waals surface area (Å²) in [7, 11) is 0. The highest BCUT2D eigenvalue weighted by atomic mass is 32.2. The number of aromatic nitrogens is 1. The highest BCUT2D eigenvalue weighted by molar-refractivity contribution is 7.98. The minimum absolute atomic E-state index is 0.850. The van der Waals surface area contributed by atoms with Gasteiger partial charge in [0.15, 0.2) is 0 Å². The predicted octanol–water partition coefficient (Wildman–Crippen LogP) is 5.05. The minimum atomic E-state index is 0.850. The van der Waals surface area contributed by atoms with Crippen molar-refractivity contribution >= 4 is 40.1 Å². The summed E-state index contributed by atoms with van der Waals surface area (Å²) in [5, 5.41) is 7.44. The number of thiazole rings is 1. The second-order valence-electron chi connectivity index (χ2n) is 4.49. The molecule has 0 aliphatic rings. The number of anilines is 1. The van der Waals surface area contributed by atoms with Crippen LogP contribution < -0.4 is 5.73 Å². The third kappa shape index (κ3) is 3.06. The first kappa shape index (κ1) is 13.7. The molecule has 0 unspecified atom stereocenters. The van der Waals surface area contributed by atoms with E-state index in [0.29, 0.717) is 0 Å². The van der Waals surface area contributed by atoms with Crippen molar-refractivity contribution < 1.29 is 0 Å². The van der Waals surface area contributed by atoms with Gasteiger partial charge in [0.05, 0.1) is 5.69 Å². The van der Waals surface area contributed by atoms with E-state index in [-0.39, 0.29) is 0 Å². The molecule has 5 heteroatoms. The number of nitrogen functional groups attached to an aromatic ring is 1. The molecular formula is C15H14N2S3. The van der Waals surface area contributed by atoms with Crippen LogP contribution in [0.4, 0.5) is 5.69 Å². The molecule has 0 saturated heterocycles. The Labute approximate surface area is 130 Å². The van der Waals surface area contributed by atoms with Gasteiger partial charge in [-0.3, -0.25) is 0 Å². The Bertz CT molecular complexity index is 702. The van der Waals surface area contributed by atoms with Crippen molar-refractivity contribution in [1.29, 1.82) is 0 Å². The van der Waals surface area contributed by atoms with E-state index in [1.54, 1.807) is 34.4 Å². The quantitative estimate of drug-likeness (QED) is 0.540. The largest absolute Gasteiger partial charge is 0.398 e. The fraction of sp³-hybridized carbons (Fsp3) is 0.133. The van der Waals surface area contributed by atoms with E-state index in [1.165, 1.54) is 11.1 Å². The Kier molecular flexibility index (Phi) is 4.10. The molecule has 0 bridgehead atoms. The van der Waals surface area contributed by atoms with Gasteiger partial charge in [0.1, 0.15) is 5.01 Å². The Morgan fingerprint density at radius 3 is 2.90 bits per heavy atom. The molecule has 0 atom stereocenters. The molecule has 2 aromatic heterocycles. The molecule has 0 saturated carbocycles. The maximum absolute atomic E-state index is 6.03. The van der Waals surface area contributed by atoms with Gasteiger partial charge in [0.2, 0.25) is 0 Å². The predicted molar refractivity (Wildman–Crippen MR) is 90.6 cm³/mol. The molecule has 3 aromatic rings. The first-order chi connectivity index (χ1) is 9.72. The SMILES string of the molecule is Cc1ccc(SCc2csc(-c3ccsc3)n2)c(N)c1. The zero-order valence-corrected chi connectivity index (χ0v) is 13.4. The number of thioether (sulfide) groups is 1. The topological polar surface area (TPSA) is 38.9 Å². The van der Waals surface area contributed by atoms with Gasteiger partial charge in [-0.05, 0) is 36.1 Å². The summed E-state index contributed by atoms with van der Waals surface area (Å²) >= 11 is 5.14. The standard InChI is InChI=1S/C15H14N2S3/c1-10-2-3-14(13(16)6-10)19-8-12-9-20-15(17-12)11-4-5-18-7-11/h2-7,9H,8,16H2,1H3. The van der Waals surface area contributed by atoms with E-state index in [9.17, 15) is 0 Å². The van der Waals surface area contributed by atoms with Gasteiger partial charge in [0, 0.05) is 32.7 Å². The number of rotatable bonds is 4. The van der Waals surface area contributed by atoms with Gasteiger partial charge in [-0.25, -0.2) is 4.98 Å². The molecule has 2 N–H and O–H groups in total. The van der Waals surface area contributed by atoms with Crippen LogP contribution in [-0.2, 0) is 5.75 Å². The van der Waals surface area contributed by atoms with E-state index in [1.807, 2.05) is 6.07 Å². The maximum Gasteiger partial charge on any atom is 0.124 e. The monoisotopic (exact) mass is 318 g/mol. The van der Waals surface area contributed by atoms with Crippen molar-refractivity contribution in [3.8, 4) is 10.6 Å². The molecule has 3 rings (SSSR count). The van der Waals surface area contributed by atoms with E-state index in [2.05, 4.69) is 46.2 Å². The Hall–Kier alpha value is -1.30. The van der Waals surface area contributed by atoms with Crippen LogP contribution in [0.25, 0.3) is 10.6 Å². The summed E-state index contributed by atoms with van der Waals surface area (Å²) in [5.41, 5.74) is 10.4. The van der Waals surface area contributed by atoms with Crippen molar-refractivity contribution in [2.75, 3.05) is 5.73 Å². The smallest absolute Gasteiger partial charge is 0.124 e. The lowest BCUT2D eigenvalue weighted by Gasteiger charge is -2.04. The van der Waals surface area contributed by atoms with Gasteiger partial charge in [-0.2, -0.15) is 11.3 Å². The van der Waals surface area contributed by atoms with Crippen molar-refractivity contribution in [2.24, 2.45) is 0 Å². The zero-order valence-electron chi connectivity index (χ0n) is 11.0. The highest BCUT2D eigenvalue weighted by Crippen LogP contribution is 2.31. The minimum Gasteiger partial charge on any atom is -0.398 e. The molecule has 2 nitrogen and oxygen atoms in total. The summed E-state index contributed by atoms with van der Waals surface area (Å²) in [5.74, 6) is 0.855. The van der Waals surface area contributed by atoms with Gasteiger partial charge in [0.25, 0.3) is 0 Å². The average Bonchev–Trinajstić information content (AvgIpc) is 3.08. The molecule has 0 fully saturated rings. The van der Waals surface area contributed by atoms with E-state index in [0.717, 1.165) is 27.0 Å². The van der Waals surface area contributed by atoms with Crippen LogP contribution in [0.1, 0.15) is 11.3 Å². The van der Waals surface area contributed by atoms with E-state index in [4.69, 9.17) is 5.73 Å². The second-order valence-corrected chi connectivity index (χ2v) is 7.14. The summed E-state index contributed by atoms with van der Waals surface area (Å²) in [6.07, 6.45) is 0. The number of aryl methyl sites for hydroxylation is 1. The van der Waals surface area contributed by atoms with Crippen LogP contribution in [0.3, 0.4) is 0 Å². The first-order valence-electron chi connectivity index (χ1n) is 6.18. The summed E-state index contributed by atoms with van der Waals surface area (Å²) < 4.78 is 0. The third-order valence-corrected chi connectivity index (χ3v) is 5.61. The van der Waals surface area contributed by atoms with Gasteiger partial charge in [-0.1, -0.05) is 6.07 Å². The summed E-state index contributed by atoms with van der Waals surface area (Å²) in [4.78, 5) is 5.80. The van der Waals surface area contributed by atoms with Crippen molar-refractivity contribution in [3.05, 3.63) is 51.7 Å². The van der Waals surface area contributed by atoms with E-state index < -0.39 is 0 Å². The molecule has 0 spiro atoms. The van der Waals surface area contributed by atoms with Crippen LogP contribution >= 0.6 is 34.4 Å². The van der Waals surface area contributed by atoms with Crippen molar-refractivity contribution in [3.63, 3.8) is 0 Å². The Morgan fingerprint density at radius 2 is 2.15 bits per heavy atom. The van der Waals surface area contributed by atoms with E-state index >= 15 is 0 Å². The molecule has 0 amide bonds. The lowest BCUT2D eigenvalue weighted by molar-refractivity contribution is 1.23. The second kappa shape index (κ2) is 5.99. The molecule has 0 radical (unpaired) electrons. The third-order valence-electron chi connectivity index (χ3n) is 2.86. The Morgan fingerprint density at radius 1 is 1.25 bits per heavy atom. The van der Waals surface area contributed by atoms with Crippen LogP contribution in [-0.4, -0.2) is 4.98 Å². The maximum atomic E-state index is 6.03. The average molecular weight is 318 g/mol. The first-order valence-corrected chi connectivity index (χ1v) is 8.99. The molecule has 1 aromatic carbocycles. The normalized spacial score (nSPS) is 10.8. The number of hydrogen-bond acceptors (Lipinski definition) is 5. The summed E-state index contributed by atoms with van der Waals surface area (Å²) in [6.45, 7) is 2.05. The highest BCUT2D eigenvalue weighted by Gasteiger charge is 2.07. The fourth-order valence-corrected chi connectivity index (χ4v) is 4.32. The molecule has 20 heavy (non-hydrogen) atoms. The Balaban J connectivity index is 1.70. The number of nitrogens with zero attached hydrogens (tertiary/aromatic N) is 1. The van der Waals surface area contributed by atoms with Crippen LogP contribution in [0, 0.1) is 6.92 Å². The van der Waals surface area contributed by atoms with Gasteiger partial charge < -0.3 is 5.73 Å². The molecule has 2 heterocycles. The molecule has 0 aliphatic carbocycles. The lowest BCUT2D eigenvalue weighted by atomic mass is 10.2. The number of thiophene rings is 1. The van der Waals surface area contributed by atoms with Crippen LogP contribution in [0.5, 0.6) is 0 Å². The van der Waals surface area contributed by atoms with Gasteiger partial charge in [-0.15, -0.1) is 23.1 Å². The number of nitrogens with two attached hydrogens (primary N) is 1. The summed E-state index contributed by atoms with van der Waals surface area (Å²) in [6, 6.07) is 8.30. The fourth-order valence-electron chi connectivity index (χ4n) is 1.84. The molecule has 102 valence electrons. The van der Waals surface area contributed by atoms with Crippen molar-refractivity contribution in [2.45, 2.75) is 17.6 Å². The van der Waals surface area contributed by atoms with Crippen molar-refractivity contribution in [1.82, 2.24) is 4.98 Å².